The summed E-state index contributed by atoms with van der Waals surface area (Å²) < 4.78 is 0. The molecule has 0 aliphatic carbocycles. The lowest BCUT2D eigenvalue weighted by Gasteiger charge is -2.21. The van der Waals surface area contributed by atoms with Gasteiger partial charge < -0.3 is 14.7 Å². The van der Waals surface area contributed by atoms with E-state index in [1.54, 1.807) is 0 Å². The molecule has 2 rings (SSSR count). The van der Waals surface area contributed by atoms with Crippen molar-refractivity contribution in [3.05, 3.63) is 42.1 Å². The summed E-state index contributed by atoms with van der Waals surface area (Å²) in [6.07, 6.45) is 4.37. The van der Waals surface area contributed by atoms with Gasteiger partial charge in [-0.3, -0.25) is 9.78 Å². The predicted octanol–water partition coefficient (Wildman–Crippen LogP) is 2.86. The number of amides is 1. The zero-order valence-corrected chi connectivity index (χ0v) is 16.6. The highest BCUT2D eigenvalue weighted by Crippen LogP contribution is 2.14. The molecule has 0 saturated heterocycles. The molecule has 0 unspecified atom stereocenters. The quantitative estimate of drug-likeness (QED) is 0.656. The highest BCUT2D eigenvalue weighted by molar-refractivity contribution is 5.78. The van der Waals surface area contributed by atoms with Gasteiger partial charge in [-0.15, -0.1) is 0 Å². The first kappa shape index (κ1) is 20.3. The number of aromatic nitrogens is 1. The molecule has 5 nitrogen and oxygen atoms in total. The second-order valence-electron chi connectivity index (χ2n) is 7.34. The van der Waals surface area contributed by atoms with E-state index in [1.165, 1.54) is 10.9 Å². The maximum atomic E-state index is 12.1. The zero-order valence-electron chi connectivity index (χ0n) is 16.6. The molecule has 0 radical (unpaired) electrons. The third-order valence-corrected chi connectivity index (χ3v) is 4.57. The maximum Gasteiger partial charge on any atom is 0.222 e. The largest absolute Gasteiger partial charge is 0.346 e. The van der Waals surface area contributed by atoms with Gasteiger partial charge in [0.25, 0.3) is 0 Å². The second-order valence-corrected chi connectivity index (χ2v) is 7.34. The molecule has 142 valence electrons. The third kappa shape index (κ3) is 6.73. The van der Waals surface area contributed by atoms with Crippen LogP contribution in [0, 0.1) is 0 Å². The van der Waals surface area contributed by atoms with E-state index in [4.69, 9.17) is 0 Å². The Bertz CT molecular complexity index is 701. The van der Waals surface area contributed by atoms with E-state index in [0.717, 1.165) is 44.5 Å². The molecule has 1 aromatic carbocycles. The minimum absolute atomic E-state index is 0.247. The number of carbonyl (C=O) groups excluding carboxylic acids is 1. The third-order valence-electron chi connectivity index (χ3n) is 4.57. The number of rotatable bonds is 10. The molecule has 1 heterocycles. The van der Waals surface area contributed by atoms with Crippen molar-refractivity contribution < 1.29 is 4.79 Å². The molecule has 0 bridgehead atoms. The predicted molar refractivity (Wildman–Crippen MR) is 108 cm³/mol. The Balaban J connectivity index is 1.70. The summed E-state index contributed by atoms with van der Waals surface area (Å²) in [5, 5.41) is 1.18. The molecule has 1 amide bonds. The summed E-state index contributed by atoms with van der Waals surface area (Å²) in [5.74, 6) is 0.247. The molecular formula is C21H32N4O. The van der Waals surface area contributed by atoms with Gasteiger partial charge in [0.05, 0.1) is 5.52 Å². The Kier molecular flexibility index (Phi) is 8.01. The minimum Gasteiger partial charge on any atom is -0.346 e. The van der Waals surface area contributed by atoms with E-state index in [9.17, 15) is 4.79 Å². The fraction of sp³-hybridized carbons (Fsp3) is 0.524. The highest BCUT2D eigenvalue weighted by atomic mass is 16.2. The first-order valence-corrected chi connectivity index (χ1v) is 9.36. The van der Waals surface area contributed by atoms with Crippen LogP contribution in [0.2, 0.25) is 0 Å². The van der Waals surface area contributed by atoms with E-state index < -0.39 is 0 Å². The van der Waals surface area contributed by atoms with Gasteiger partial charge >= 0.3 is 0 Å². The van der Waals surface area contributed by atoms with Crippen molar-refractivity contribution in [2.45, 2.75) is 25.8 Å². The second kappa shape index (κ2) is 10.2. The lowest BCUT2D eigenvalue weighted by Crippen LogP contribution is -2.30. The summed E-state index contributed by atoms with van der Waals surface area (Å²) in [6.45, 7) is 3.65. The minimum atomic E-state index is 0.247. The van der Waals surface area contributed by atoms with Gasteiger partial charge in [0.15, 0.2) is 0 Å². The van der Waals surface area contributed by atoms with Crippen LogP contribution in [-0.4, -0.2) is 73.4 Å². The van der Waals surface area contributed by atoms with Crippen LogP contribution in [0.5, 0.6) is 0 Å². The Morgan fingerprint density at radius 2 is 1.81 bits per heavy atom. The Hall–Kier alpha value is -1.98. The van der Waals surface area contributed by atoms with Crippen molar-refractivity contribution in [1.29, 1.82) is 0 Å². The molecule has 26 heavy (non-hydrogen) atoms. The number of nitrogens with zero attached hydrogens (tertiary/aromatic N) is 4. The van der Waals surface area contributed by atoms with Gasteiger partial charge in [-0.2, -0.15) is 0 Å². The molecule has 2 aromatic rings. The van der Waals surface area contributed by atoms with Crippen LogP contribution < -0.4 is 0 Å². The summed E-state index contributed by atoms with van der Waals surface area (Å²) in [5.41, 5.74) is 2.33. The molecule has 0 saturated carbocycles. The zero-order chi connectivity index (χ0) is 18.9. The SMILES string of the molecule is CN(C)CCCC(=O)N(C)CCCN(C)Cc1ccc2ncccc2c1. The molecule has 0 atom stereocenters. The Morgan fingerprint density at radius 3 is 2.58 bits per heavy atom. The number of carbonyl (C=O) groups is 1. The van der Waals surface area contributed by atoms with Crippen LogP contribution in [0.4, 0.5) is 0 Å². The van der Waals surface area contributed by atoms with Gasteiger partial charge in [-0.25, -0.2) is 0 Å². The first-order chi connectivity index (χ1) is 12.5. The normalized spacial score (nSPS) is 11.5. The van der Waals surface area contributed by atoms with Crippen LogP contribution in [0.1, 0.15) is 24.8 Å². The van der Waals surface area contributed by atoms with Gasteiger partial charge in [0.2, 0.25) is 5.91 Å². The number of benzene rings is 1. The fourth-order valence-corrected chi connectivity index (χ4v) is 3.05. The Morgan fingerprint density at radius 1 is 1.00 bits per heavy atom. The summed E-state index contributed by atoms with van der Waals surface area (Å²) in [4.78, 5) is 22.8. The first-order valence-electron chi connectivity index (χ1n) is 9.36. The smallest absolute Gasteiger partial charge is 0.222 e. The maximum absolute atomic E-state index is 12.1. The van der Waals surface area contributed by atoms with Crippen molar-refractivity contribution in [3.8, 4) is 0 Å². The van der Waals surface area contributed by atoms with Crippen molar-refractivity contribution in [2.75, 3.05) is 47.8 Å². The standard InChI is InChI=1S/C21H32N4O/c1-23(2)13-6-9-21(26)25(4)15-7-14-24(3)17-18-10-11-20-19(16-18)8-5-12-22-20/h5,8,10-12,16H,6-7,9,13-15,17H2,1-4H3. The van der Waals surface area contributed by atoms with Crippen LogP contribution in [0.25, 0.3) is 10.9 Å². The average Bonchev–Trinajstić information content (AvgIpc) is 2.61. The summed E-state index contributed by atoms with van der Waals surface area (Å²) >= 11 is 0. The summed E-state index contributed by atoms with van der Waals surface area (Å²) in [7, 11) is 8.12. The molecule has 1 aromatic heterocycles. The number of hydrogen-bond acceptors (Lipinski definition) is 4. The van der Waals surface area contributed by atoms with E-state index in [2.05, 4.69) is 46.1 Å². The number of pyridine rings is 1. The van der Waals surface area contributed by atoms with Crippen molar-refractivity contribution in [2.24, 2.45) is 0 Å². The molecule has 0 fully saturated rings. The van der Waals surface area contributed by atoms with Gasteiger partial charge in [0, 0.05) is 38.1 Å². The van der Waals surface area contributed by atoms with Crippen molar-refractivity contribution in [3.63, 3.8) is 0 Å². The average molecular weight is 357 g/mol. The number of fused-ring (bicyclic) bond motifs is 1. The monoisotopic (exact) mass is 356 g/mol. The number of hydrogen-bond donors (Lipinski definition) is 0. The molecule has 5 heteroatoms. The van der Waals surface area contributed by atoms with Gasteiger partial charge in [0.1, 0.15) is 0 Å². The molecule has 0 N–H and O–H groups in total. The molecule has 0 aliphatic rings. The van der Waals surface area contributed by atoms with Gasteiger partial charge in [-0.05, 0) is 70.8 Å². The molecular weight excluding hydrogens is 324 g/mol. The Labute approximate surface area is 157 Å². The van der Waals surface area contributed by atoms with Crippen molar-refractivity contribution in [1.82, 2.24) is 19.7 Å². The topological polar surface area (TPSA) is 39.7 Å². The lowest BCUT2D eigenvalue weighted by molar-refractivity contribution is -0.130. The van der Waals surface area contributed by atoms with Crippen LogP contribution in [0.3, 0.4) is 0 Å². The van der Waals surface area contributed by atoms with E-state index >= 15 is 0 Å². The van der Waals surface area contributed by atoms with E-state index in [0.29, 0.717) is 6.42 Å². The lowest BCUT2D eigenvalue weighted by atomic mass is 10.1. The van der Waals surface area contributed by atoms with Crippen LogP contribution >= 0.6 is 0 Å². The summed E-state index contributed by atoms with van der Waals surface area (Å²) in [6, 6.07) is 10.5. The van der Waals surface area contributed by atoms with E-state index in [-0.39, 0.29) is 5.91 Å². The van der Waals surface area contributed by atoms with Gasteiger partial charge in [-0.1, -0.05) is 12.1 Å². The highest BCUT2D eigenvalue weighted by Gasteiger charge is 2.09. The fourth-order valence-electron chi connectivity index (χ4n) is 3.05. The molecule has 0 spiro atoms. The van der Waals surface area contributed by atoms with E-state index in [1.807, 2.05) is 38.3 Å². The van der Waals surface area contributed by atoms with Crippen molar-refractivity contribution >= 4 is 16.8 Å². The molecule has 0 aliphatic heterocycles. The van der Waals surface area contributed by atoms with Crippen LogP contribution in [0.15, 0.2) is 36.5 Å². The van der Waals surface area contributed by atoms with Crippen LogP contribution in [-0.2, 0) is 11.3 Å².